The third kappa shape index (κ3) is 2.75. The van der Waals surface area contributed by atoms with Crippen molar-refractivity contribution in [3.05, 3.63) is 35.2 Å². The standard InChI is InChI=1S/C18H26N2S/c1-13(2)12-18(9-3-4-10-18)17(20-19)15-7-5-6-14-8-11-21-16(14)15/h5-8,11,13,17,20H,3-4,9-10,12,19H2,1-2H3. The maximum absolute atomic E-state index is 6.06. The van der Waals surface area contributed by atoms with Crippen molar-refractivity contribution < 1.29 is 0 Å². The number of hydrogen-bond donors (Lipinski definition) is 2. The van der Waals surface area contributed by atoms with Crippen LogP contribution in [0.4, 0.5) is 0 Å². The van der Waals surface area contributed by atoms with E-state index in [1.807, 2.05) is 11.3 Å². The second-order valence-electron chi connectivity index (χ2n) is 6.95. The largest absolute Gasteiger partial charge is 0.271 e. The molecule has 114 valence electrons. The summed E-state index contributed by atoms with van der Waals surface area (Å²) in [7, 11) is 0. The van der Waals surface area contributed by atoms with Crippen LogP contribution in [0, 0.1) is 11.3 Å². The third-order valence-corrected chi connectivity index (χ3v) is 5.99. The Balaban J connectivity index is 2.05. The van der Waals surface area contributed by atoms with Gasteiger partial charge in [-0.25, -0.2) is 0 Å². The van der Waals surface area contributed by atoms with Crippen LogP contribution in [0.1, 0.15) is 57.6 Å². The fourth-order valence-corrected chi connectivity index (χ4v) is 5.29. The van der Waals surface area contributed by atoms with E-state index < -0.39 is 0 Å². The van der Waals surface area contributed by atoms with E-state index in [-0.39, 0.29) is 6.04 Å². The highest BCUT2D eigenvalue weighted by atomic mass is 32.1. The zero-order chi connectivity index (χ0) is 14.9. The molecule has 1 heterocycles. The highest BCUT2D eigenvalue weighted by molar-refractivity contribution is 7.17. The van der Waals surface area contributed by atoms with E-state index in [1.165, 1.54) is 47.8 Å². The van der Waals surface area contributed by atoms with Crippen LogP contribution in [-0.2, 0) is 0 Å². The minimum Gasteiger partial charge on any atom is -0.271 e. The van der Waals surface area contributed by atoms with Gasteiger partial charge >= 0.3 is 0 Å². The monoisotopic (exact) mass is 302 g/mol. The lowest BCUT2D eigenvalue weighted by Crippen LogP contribution is -2.41. The molecule has 2 nitrogen and oxygen atoms in total. The zero-order valence-electron chi connectivity index (χ0n) is 13.1. The Hall–Kier alpha value is -0.900. The average Bonchev–Trinajstić information content (AvgIpc) is 3.08. The maximum Gasteiger partial charge on any atom is 0.0530 e. The first-order valence-corrected chi connectivity index (χ1v) is 8.96. The van der Waals surface area contributed by atoms with E-state index in [0.29, 0.717) is 11.3 Å². The normalized spacial score (nSPS) is 19.4. The fraction of sp³-hybridized carbons (Fsp3) is 0.556. The summed E-state index contributed by atoms with van der Waals surface area (Å²) in [5.41, 5.74) is 4.91. The molecule has 1 aliphatic carbocycles. The number of fused-ring (bicyclic) bond motifs is 1. The predicted molar refractivity (Wildman–Crippen MR) is 92.2 cm³/mol. The molecule has 1 aromatic heterocycles. The minimum absolute atomic E-state index is 0.268. The van der Waals surface area contributed by atoms with Gasteiger partial charge in [-0.3, -0.25) is 11.3 Å². The zero-order valence-corrected chi connectivity index (χ0v) is 13.9. The molecule has 21 heavy (non-hydrogen) atoms. The van der Waals surface area contributed by atoms with Crippen molar-refractivity contribution in [3.63, 3.8) is 0 Å². The number of nitrogens with two attached hydrogens (primary N) is 1. The van der Waals surface area contributed by atoms with Crippen LogP contribution >= 0.6 is 11.3 Å². The second kappa shape index (κ2) is 6.07. The first-order valence-electron chi connectivity index (χ1n) is 8.08. The first kappa shape index (κ1) is 15.0. The average molecular weight is 302 g/mol. The van der Waals surface area contributed by atoms with Crippen molar-refractivity contribution in [2.24, 2.45) is 17.2 Å². The maximum atomic E-state index is 6.06. The summed E-state index contributed by atoms with van der Waals surface area (Å²) >= 11 is 1.84. The molecule has 0 saturated heterocycles. The van der Waals surface area contributed by atoms with Crippen molar-refractivity contribution in [1.29, 1.82) is 0 Å². The second-order valence-corrected chi connectivity index (χ2v) is 7.87. The van der Waals surface area contributed by atoms with Crippen molar-refractivity contribution in [2.45, 2.75) is 52.0 Å². The Morgan fingerprint density at radius 1 is 1.24 bits per heavy atom. The Kier molecular flexibility index (Phi) is 4.34. The molecule has 1 atom stereocenters. The van der Waals surface area contributed by atoms with Gasteiger partial charge in [-0.2, -0.15) is 0 Å². The van der Waals surface area contributed by atoms with Crippen molar-refractivity contribution >= 4 is 21.4 Å². The van der Waals surface area contributed by atoms with Crippen molar-refractivity contribution in [1.82, 2.24) is 5.43 Å². The Morgan fingerprint density at radius 3 is 2.67 bits per heavy atom. The molecule has 3 heteroatoms. The summed E-state index contributed by atoms with van der Waals surface area (Å²) in [6.07, 6.45) is 6.52. The molecule has 1 aromatic carbocycles. The van der Waals surface area contributed by atoms with E-state index >= 15 is 0 Å². The molecule has 1 unspecified atom stereocenters. The fourth-order valence-electron chi connectivity index (χ4n) is 4.34. The molecule has 1 fully saturated rings. The molecular weight excluding hydrogens is 276 g/mol. The van der Waals surface area contributed by atoms with Crippen LogP contribution in [0.5, 0.6) is 0 Å². The highest BCUT2D eigenvalue weighted by Gasteiger charge is 2.42. The van der Waals surface area contributed by atoms with Gasteiger partial charge in [0.15, 0.2) is 0 Å². The summed E-state index contributed by atoms with van der Waals surface area (Å²) in [6, 6.07) is 9.12. The molecule has 2 aromatic rings. The van der Waals surface area contributed by atoms with Gasteiger partial charge < -0.3 is 0 Å². The predicted octanol–water partition coefficient (Wildman–Crippen LogP) is 5.01. The molecule has 0 aliphatic heterocycles. The van der Waals surface area contributed by atoms with Gasteiger partial charge in [-0.15, -0.1) is 11.3 Å². The quantitative estimate of drug-likeness (QED) is 0.601. The van der Waals surface area contributed by atoms with Gasteiger partial charge in [0.25, 0.3) is 0 Å². The topological polar surface area (TPSA) is 38.0 Å². The molecule has 0 amide bonds. The Bertz CT molecular complexity index is 596. The van der Waals surface area contributed by atoms with E-state index in [2.05, 4.69) is 48.9 Å². The van der Waals surface area contributed by atoms with Crippen LogP contribution in [-0.4, -0.2) is 0 Å². The summed E-state index contributed by atoms with van der Waals surface area (Å²) in [5, 5.41) is 3.53. The minimum atomic E-state index is 0.268. The van der Waals surface area contributed by atoms with Gasteiger partial charge in [-0.1, -0.05) is 44.9 Å². The number of hydrogen-bond acceptors (Lipinski definition) is 3. The molecule has 0 bridgehead atoms. The molecule has 1 aliphatic rings. The lowest BCUT2D eigenvalue weighted by Gasteiger charge is -2.39. The summed E-state index contributed by atoms with van der Waals surface area (Å²) in [5.74, 6) is 6.77. The number of thiophene rings is 1. The van der Waals surface area contributed by atoms with Gasteiger partial charge in [0.1, 0.15) is 0 Å². The van der Waals surface area contributed by atoms with Crippen LogP contribution in [0.15, 0.2) is 29.6 Å². The Labute approximate surface area is 131 Å². The van der Waals surface area contributed by atoms with Crippen molar-refractivity contribution in [3.8, 4) is 0 Å². The molecule has 1 saturated carbocycles. The molecule has 0 spiro atoms. The Morgan fingerprint density at radius 2 is 2.00 bits per heavy atom. The smallest absolute Gasteiger partial charge is 0.0530 e. The molecule has 3 N–H and O–H groups in total. The van der Waals surface area contributed by atoms with Crippen LogP contribution in [0.2, 0.25) is 0 Å². The van der Waals surface area contributed by atoms with E-state index in [4.69, 9.17) is 5.84 Å². The summed E-state index contributed by atoms with van der Waals surface area (Å²) in [4.78, 5) is 0. The van der Waals surface area contributed by atoms with E-state index in [9.17, 15) is 0 Å². The first-order chi connectivity index (χ1) is 10.2. The summed E-state index contributed by atoms with van der Waals surface area (Å²) < 4.78 is 1.40. The van der Waals surface area contributed by atoms with Gasteiger partial charge in [0.2, 0.25) is 0 Å². The molecular formula is C18H26N2S. The lowest BCUT2D eigenvalue weighted by atomic mass is 9.70. The number of nitrogens with one attached hydrogen (secondary N) is 1. The van der Waals surface area contributed by atoms with Crippen molar-refractivity contribution in [2.75, 3.05) is 0 Å². The van der Waals surface area contributed by atoms with Gasteiger partial charge in [0.05, 0.1) is 6.04 Å². The number of rotatable bonds is 5. The third-order valence-electron chi connectivity index (χ3n) is 5.01. The number of benzene rings is 1. The van der Waals surface area contributed by atoms with Crippen LogP contribution in [0.3, 0.4) is 0 Å². The van der Waals surface area contributed by atoms with Gasteiger partial charge in [-0.05, 0) is 53.0 Å². The van der Waals surface area contributed by atoms with Crippen LogP contribution < -0.4 is 11.3 Å². The van der Waals surface area contributed by atoms with E-state index in [0.717, 1.165) is 0 Å². The highest BCUT2D eigenvalue weighted by Crippen LogP contribution is 2.52. The summed E-state index contributed by atoms with van der Waals surface area (Å²) in [6.45, 7) is 4.67. The molecule has 3 rings (SSSR count). The SMILES string of the molecule is CC(C)CC1(C(NN)c2cccc3ccsc23)CCCC1. The number of hydrazine groups is 1. The molecule has 0 radical (unpaired) electrons. The van der Waals surface area contributed by atoms with E-state index in [1.54, 1.807) is 0 Å². The lowest BCUT2D eigenvalue weighted by molar-refractivity contribution is 0.157. The van der Waals surface area contributed by atoms with Crippen LogP contribution in [0.25, 0.3) is 10.1 Å². The van der Waals surface area contributed by atoms with Gasteiger partial charge in [0, 0.05) is 4.70 Å².